The third-order valence-corrected chi connectivity index (χ3v) is 7.38. The van der Waals surface area contributed by atoms with E-state index in [0.717, 1.165) is 55.2 Å². The summed E-state index contributed by atoms with van der Waals surface area (Å²) in [5, 5.41) is 4.92. The number of aromatic amines is 1. The number of hydrogen-bond acceptors (Lipinski definition) is 3. The van der Waals surface area contributed by atoms with Crippen molar-refractivity contribution in [3.8, 4) is 5.75 Å². The van der Waals surface area contributed by atoms with Gasteiger partial charge in [0.1, 0.15) is 18.2 Å². The van der Waals surface area contributed by atoms with Crippen molar-refractivity contribution < 1.29 is 13.9 Å². The lowest BCUT2D eigenvalue weighted by molar-refractivity contribution is 0.0977. The summed E-state index contributed by atoms with van der Waals surface area (Å²) in [7, 11) is 1.79. The molecule has 1 aliphatic carbocycles. The third kappa shape index (κ3) is 4.16. The normalized spacial score (nSPS) is 24.2. The SMILES string of the molecule is CC[C@H](OC)c1cccc2c1CC(NC1CCC(c3c[nH]c4ccc(F)cc34)CC1)CO2. The molecule has 2 atom stereocenters. The van der Waals surface area contributed by atoms with E-state index >= 15 is 0 Å². The molecule has 170 valence electrons. The van der Waals surface area contributed by atoms with Gasteiger partial charge in [0.05, 0.1) is 6.10 Å². The van der Waals surface area contributed by atoms with Crippen LogP contribution in [0.2, 0.25) is 0 Å². The highest BCUT2D eigenvalue weighted by Gasteiger charge is 2.29. The largest absolute Gasteiger partial charge is 0.492 e. The molecule has 0 amide bonds. The Morgan fingerprint density at radius 1 is 1.16 bits per heavy atom. The summed E-state index contributed by atoms with van der Waals surface area (Å²) in [4.78, 5) is 3.31. The lowest BCUT2D eigenvalue weighted by atomic mass is 9.81. The van der Waals surface area contributed by atoms with E-state index in [0.29, 0.717) is 24.6 Å². The van der Waals surface area contributed by atoms with E-state index in [9.17, 15) is 4.39 Å². The second-order valence-electron chi connectivity index (χ2n) is 9.32. The minimum atomic E-state index is -0.163. The maximum absolute atomic E-state index is 13.8. The van der Waals surface area contributed by atoms with Crippen molar-refractivity contribution >= 4 is 10.9 Å². The molecule has 5 heteroatoms. The van der Waals surface area contributed by atoms with E-state index in [4.69, 9.17) is 9.47 Å². The number of H-pyrrole nitrogens is 1. The van der Waals surface area contributed by atoms with Gasteiger partial charge in [-0.05, 0) is 79.8 Å². The van der Waals surface area contributed by atoms with E-state index < -0.39 is 0 Å². The fourth-order valence-corrected chi connectivity index (χ4v) is 5.71. The highest BCUT2D eigenvalue weighted by atomic mass is 19.1. The van der Waals surface area contributed by atoms with Crippen molar-refractivity contribution in [1.29, 1.82) is 0 Å². The molecule has 5 rings (SSSR count). The minimum absolute atomic E-state index is 0.115. The fraction of sp³-hybridized carbons (Fsp3) is 0.481. The number of rotatable bonds is 6. The summed E-state index contributed by atoms with van der Waals surface area (Å²) in [6.45, 7) is 2.87. The molecular formula is C27H33FN2O2. The highest BCUT2D eigenvalue weighted by molar-refractivity contribution is 5.83. The number of fused-ring (bicyclic) bond motifs is 2. The Morgan fingerprint density at radius 2 is 2.00 bits per heavy atom. The Balaban J connectivity index is 1.22. The van der Waals surface area contributed by atoms with Crippen molar-refractivity contribution in [1.82, 2.24) is 10.3 Å². The average Bonchev–Trinajstić information content (AvgIpc) is 3.23. The van der Waals surface area contributed by atoms with E-state index in [-0.39, 0.29) is 11.9 Å². The Hall–Kier alpha value is -2.37. The van der Waals surface area contributed by atoms with Crippen LogP contribution in [0.4, 0.5) is 4.39 Å². The molecule has 1 unspecified atom stereocenters. The van der Waals surface area contributed by atoms with Crippen LogP contribution in [-0.4, -0.2) is 30.8 Å². The number of aromatic nitrogens is 1. The van der Waals surface area contributed by atoms with Gasteiger partial charge in [-0.3, -0.25) is 0 Å². The van der Waals surface area contributed by atoms with Gasteiger partial charge in [-0.2, -0.15) is 0 Å². The topological polar surface area (TPSA) is 46.3 Å². The number of benzene rings is 2. The Labute approximate surface area is 189 Å². The van der Waals surface area contributed by atoms with Crippen LogP contribution in [0.3, 0.4) is 0 Å². The van der Waals surface area contributed by atoms with Gasteiger partial charge in [0, 0.05) is 41.9 Å². The summed E-state index contributed by atoms with van der Waals surface area (Å²) in [6, 6.07) is 12.2. The van der Waals surface area contributed by atoms with Crippen LogP contribution >= 0.6 is 0 Å². The summed E-state index contributed by atoms with van der Waals surface area (Å²) in [5.74, 6) is 1.33. The van der Waals surface area contributed by atoms with Crippen molar-refractivity contribution in [2.24, 2.45) is 0 Å². The van der Waals surface area contributed by atoms with Gasteiger partial charge >= 0.3 is 0 Å². The molecule has 4 nitrogen and oxygen atoms in total. The third-order valence-electron chi connectivity index (χ3n) is 7.38. The molecule has 1 fully saturated rings. The van der Waals surface area contributed by atoms with Crippen LogP contribution in [0.15, 0.2) is 42.6 Å². The van der Waals surface area contributed by atoms with Crippen LogP contribution in [0, 0.1) is 5.82 Å². The highest BCUT2D eigenvalue weighted by Crippen LogP contribution is 2.38. The zero-order valence-corrected chi connectivity index (χ0v) is 19.0. The van der Waals surface area contributed by atoms with Crippen molar-refractivity contribution in [2.75, 3.05) is 13.7 Å². The van der Waals surface area contributed by atoms with E-state index in [2.05, 4.69) is 41.6 Å². The maximum atomic E-state index is 13.8. The van der Waals surface area contributed by atoms with Crippen molar-refractivity contribution in [3.05, 3.63) is 65.1 Å². The standard InChI is InChI=1S/C27H33FN2O2/c1-3-26(31-2)21-5-4-6-27-23(21)14-20(16-32-27)30-19-10-7-17(8-11-19)24-15-29-25-12-9-18(28)13-22(24)25/h4-6,9,12-13,15,17,19-20,26,29-30H,3,7-8,10-11,14,16H2,1-2H3/t17?,19?,20?,26-/m0/s1. The van der Waals surface area contributed by atoms with Crippen molar-refractivity contribution in [3.63, 3.8) is 0 Å². The van der Waals surface area contributed by atoms with E-state index in [1.165, 1.54) is 22.8 Å². The van der Waals surface area contributed by atoms with Crippen molar-refractivity contribution in [2.45, 2.75) is 69.6 Å². The Morgan fingerprint density at radius 3 is 2.78 bits per heavy atom. The molecule has 1 aromatic heterocycles. The Kier molecular flexibility index (Phi) is 6.20. The molecule has 0 radical (unpaired) electrons. The maximum Gasteiger partial charge on any atom is 0.123 e. The summed E-state index contributed by atoms with van der Waals surface area (Å²) in [5.41, 5.74) is 4.84. The second-order valence-corrected chi connectivity index (χ2v) is 9.32. The fourth-order valence-electron chi connectivity index (χ4n) is 5.71. The molecule has 2 aliphatic rings. The number of methoxy groups -OCH3 is 1. The number of halogens is 1. The van der Waals surface area contributed by atoms with Gasteiger partial charge < -0.3 is 19.8 Å². The Bertz CT molecular complexity index is 1070. The van der Waals surface area contributed by atoms with Crippen LogP contribution in [-0.2, 0) is 11.2 Å². The van der Waals surface area contributed by atoms with Gasteiger partial charge in [0.15, 0.2) is 0 Å². The predicted octanol–water partition coefficient (Wildman–Crippen LogP) is 6.02. The first-order valence-electron chi connectivity index (χ1n) is 12.0. The van der Waals surface area contributed by atoms with Gasteiger partial charge in [-0.1, -0.05) is 19.1 Å². The molecule has 0 saturated heterocycles. The lowest BCUT2D eigenvalue weighted by Gasteiger charge is -2.35. The minimum Gasteiger partial charge on any atom is -0.492 e. The monoisotopic (exact) mass is 436 g/mol. The summed E-state index contributed by atoms with van der Waals surface area (Å²) < 4.78 is 25.6. The average molecular weight is 437 g/mol. The molecular weight excluding hydrogens is 403 g/mol. The molecule has 1 aliphatic heterocycles. The van der Waals surface area contributed by atoms with Crippen LogP contribution in [0.5, 0.6) is 5.75 Å². The smallest absolute Gasteiger partial charge is 0.123 e. The molecule has 2 aromatic carbocycles. The first-order chi connectivity index (χ1) is 15.7. The molecule has 32 heavy (non-hydrogen) atoms. The predicted molar refractivity (Wildman–Crippen MR) is 126 cm³/mol. The van der Waals surface area contributed by atoms with Crippen LogP contribution in [0.1, 0.15) is 67.7 Å². The zero-order valence-electron chi connectivity index (χ0n) is 19.0. The van der Waals surface area contributed by atoms with E-state index in [1.807, 2.05) is 6.07 Å². The molecule has 0 bridgehead atoms. The summed E-state index contributed by atoms with van der Waals surface area (Å²) >= 11 is 0. The number of ether oxygens (including phenoxy) is 2. The van der Waals surface area contributed by atoms with E-state index in [1.54, 1.807) is 13.2 Å². The number of hydrogen-bond donors (Lipinski definition) is 2. The van der Waals surface area contributed by atoms with Crippen LogP contribution in [0.25, 0.3) is 10.9 Å². The molecule has 0 spiro atoms. The van der Waals surface area contributed by atoms with Gasteiger partial charge in [-0.15, -0.1) is 0 Å². The first-order valence-corrected chi connectivity index (χ1v) is 12.0. The zero-order chi connectivity index (χ0) is 22.1. The van der Waals surface area contributed by atoms with Gasteiger partial charge in [0.25, 0.3) is 0 Å². The summed E-state index contributed by atoms with van der Waals surface area (Å²) in [6.07, 6.45) is 8.64. The molecule has 3 aromatic rings. The van der Waals surface area contributed by atoms with Crippen LogP contribution < -0.4 is 10.1 Å². The second kappa shape index (κ2) is 9.24. The van der Waals surface area contributed by atoms with Gasteiger partial charge in [0.2, 0.25) is 0 Å². The molecule has 2 heterocycles. The molecule has 2 N–H and O–H groups in total. The first kappa shape index (κ1) is 21.5. The lowest BCUT2D eigenvalue weighted by Crippen LogP contribution is -2.46. The van der Waals surface area contributed by atoms with Gasteiger partial charge in [-0.25, -0.2) is 4.39 Å². The molecule has 1 saturated carbocycles. The quantitative estimate of drug-likeness (QED) is 0.496. The number of nitrogens with one attached hydrogen (secondary N) is 2.